The minimum absolute atomic E-state index is 0.184. The van der Waals surface area contributed by atoms with Crippen LogP contribution in [0.1, 0.15) is 33.3 Å². The minimum atomic E-state index is -0.663. The van der Waals surface area contributed by atoms with Gasteiger partial charge >= 0.3 is 0 Å². The van der Waals surface area contributed by atoms with Gasteiger partial charge in [0.25, 0.3) is 17.3 Å². The maximum Gasteiger partial charge on any atom is 0.268 e. The van der Waals surface area contributed by atoms with E-state index in [9.17, 15) is 14.4 Å². The number of furan rings is 1. The van der Waals surface area contributed by atoms with Crippen molar-refractivity contribution in [3.05, 3.63) is 94.4 Å². The number of fused-ring (bicyclic) bond motifs is 1. The maximum atomic E-state index is 13.2. The molecule has 40 heavy (non-hydrogen) atoms. The van der Waals surface area contributed by atoms with Crippen molar-refractivity contribution >= 4 is 28.4 Å². The Morgan fingerprint density at radius 3 is 2.40 bits per heavy atom. The Bertz CT molecular complexity index is 1790. The lowest BCUT2D eigenvalue weighted by Crippen LogP contribution is -2.31. The van der Waals surface area contributed by atoms with E-state index in [0.29, 0.717) is 51.2 Å². The molecule has 0 aliphatic heterocycles. The van der Waals surface area contributed by atoms with E-state index in [2.05, 4.69) is 15.3 Å². The summed E-state index contributed by atoms with van der Waals surface area (Å²) in [5.41, 5.74) is 1.76. The van der Waals surface area contributed by atoms with E-state index in [-0.39, 0.29) is 16.9 Å². The number of Topliss-reactive ketones (excluding diaryl/α,β-unsaturated/α-hetero) is 1. The van der Waals surface area contributed by atoms with Crippen LogP contribution in [0.15, 0.2) is 76.5 Å². The Morgan fingerprint density at radius 1 is 0.975 bits per heavy atom. The molecule has 0 radical (unpaired) electrons. The third kappa shape index (κ3) is 4.87. The lowest BCUT2D eigenvalue weighted by atomic mass is 10.1. The van der Waals surface area contributed by atoms with Gasteiger partial charge in [-0.3, -0.25) is 23.9 Å². The van der Waals surface area contributed by atoms with Crippen LogP contribution < -0.4 is 25.1 Å². The molecule has 0 spiro atoms. The summed E-state index contributed by atoms with van der Waals surface area (Å²) in [6.07, 6.45) is 4.36. The van der Waals surface area contributed by atoms with E-state index < -0.39 is 11.5 Å². The van der Waals surface area contributed by atoms with Crippen LogP contribution in [0.5, 0.6) is 23.1 Å². The molecule has 5 rings (SSSR count). The van der Waals surface area contributed by atoms with Crippen LogP contribution in [0.25, 0.3) is 16.7 Å². The highest BCUT2D eigenvalue weighted by molar-refractivity contribution is 6.06. The molecular formula is C29H24N4O7. The number of amides is 1. The third-order valence-electron chi connectivity index (χ3n) is 6.20. The number of aromatic nitrogens is 3. The summed E-state index contributed by atoms with van der Waals surface area (Å²) in [5.74, 6) is 0.711. The van der Waals surface area contributed by atoms with Crippen molar-refractivity contribution in [1.82, 2.24) is 14.5 Å². The quantitative estimate of drug-likeness (QED) is 0.271. The third-order valence-corrected chi connectivity index (χ3v) is 6.20. The van der Waals surface area contributed by atoms with Crippen LogP contribution in [-0.4, -0.2) is 40.4 Å². The van der Waals surface area contributed by atoms with Crippen molar-refractivity contribution in [1.29, 1.82) is 0 Å². The lowest BCUT2D eigenvalue weighted by molar-refractivity contribution is 0.101. The number of methoxy groups -OCH3 is 2. The molecule has 5 aromatic rings. The number of hydrogen-bond donors (Lipinski definition) is 1. The van der Waals surface area contributed by atoms with Crippen molar-refractivity contribution in [2.24, 2.45) is 0 Å². The molecule has 0 unspecified atom stereocenters. The number of ketones is 1. The van der Waals surface area contributed by atoms with Gasteiger partial charge in [-0.25, -0.2) is 4.98 Å². The summed E-state index contributed by atoms with van der Waals surface area (Å²) in [7, 11) is 3.01. The molecule has 0 bridgehead atoms. The molecule has 0 saturated heterocycles. The monoisotopic (exact) mass is 540 g/mol. The van der Waals surface area contributed by atoms with E-state index >= 15 is 0 Å². The van der Waals surface area contributed by atoms with Gasteiger partial charge in [-0.15, -0.1) is 0 Å². The van der Waals surface area contributed by atoms with Crippen molar-refractivity contribution in [3.63, 3.8) is 0 Å². The first-order valence-electron chi connectivity index (χ1n) is 12.1. The summed E-state index contributed by atoms with van der Waals surface area (Å²) < 4.78 is 23.0. The number of carbonyl (C=O) groups is 2. The fourth-order valence-electron chi connectivity index (χ4n) is 4.24. The molecule has 202 valence electrons. The normalized spacial score (nSPS) is 10.8. The standard InChI is InChI=1S/C29H24N4O7/c1-16-21(17(2)34)13-22(29(36)33(16)19-10-12-39-15-19)27(35)31-18-5-7-20(8-6-18)40-24-9-11-30-23-14-25(37-3)28(38-4)32-26(23)24/h5-15H,1-4H3,(H,31,35). The Morgan fingerprint density at radius 2 is 1.75 bits per heavy atom. The average molecular weight is 541 g/mol. The zero-order valence-corrected chi connectivity index (χ0v) is 22.1. The van der Waals surface area contributed by atoms with Crippen molar-refractivity contribution in [2.45, 2.75) is 13.8 Å². The van der Waals surface area contributed by atoms with Crippen LogP contribution in [0.4, 0.5) is 5.69 Å². The summed E-state index contributed by atoms with van der Waals surface area (Å²) in [5, 5.41) is 2.71. The zero-order valence-electron chi connectivity index (χ0n) is 22.1. The highest BCUT2D eigenvalue weighted by Gasteiger charge is 2.21. The molecule has 1 N–H and O–H groups in total. The largest absolute Gasteiger partial charge is 0.491 e. The molecule has 0 atom stereocenters. The fourth-order valence-corrected chi connectivity index (χ4v) is 4.24. The van der Waals surface area contributed by atoms with Crippen molar-refractivity contribution in [3.8, 4) is 28.8 Å². The van der Waals surface area contributed by atoms with Gasteiger partial charge in [-0.2, -0.15) is 0 Å². The fraction of sp³-hybridized carbons (Fsp3) is 0.138. The topological polar surface area (TPSA) is 135 Å². The molecular weight excluding hydrogens is 516 g/mol. The molecule has 1 amide bonds. The Kier molecular flexibility index (Phi) is 7.02. The highest BCUT2D eigenvalue weighted by atomic mass is 16.5. The number of benzene rings is 1. The first kappa shape index (κ1) is 26.2. The molecule has 0 aliphatic rings. The number of pyridine rings is 3. The second-order valence-electron chi connectivity index (χ2n) is 8.69. The first-order valence-corrected chi connectivity index (χ1v) is 12.1. The molecule has 1 aromatic carbocycles. The predicted molar refractivity (Wildman–Crippen MR) is 146 cm³/mol. The van der Waals surface area contributed by atoms with Crippen LogP contribution >= 0.6 is 0 Å². The molecule has 0 fully saturated rings. The second kappa shape index (κ2) is 10.7. The Hall–Kier alpha value is -5.45. The van der Waals surface area contributed by atoms with E-state index in [1.54, 1.807) is 55.6 Å². The van der Waals surface area contributed by atoms with Crippen molar-refractivity contribution in [2.75, 3.05) is 19.5 Å². The van der Waals surface area contributed by atoms with Gasteiger partial charge in [0.1, 0.15) is 23.1 Å². The Labute approximate surface area is 228 Å². The number of ether oxygens (including phenoxy) is 3. The van der Waals surface area contributed by atoms with Gasteiger partial charge in [-0.05, 0) is 44.2 Å². The number of hydrogen-bond acceptors (Lipinski definition) is 9. The Balaban J connectivity index is 1.41. The summed E-state index contributed by atoms with van der Waals surface area (Å²) >= 11 is 0. The molecule has 4 aromatic heterocycles. The van der Waals surface area contributed by atoms with Gasteiger partial charge in [-0.1, -0.05) is 0 Å². The van der Waals surface area contributed by atoms with E-state index in [4.69, 9.17) is 18.6 Å². The number of nitrogens with zero attached hydrogens (tertiary/aromatic N) is 3. The van der Waals surface area contributed by atoms with E-state index in [0.717, 1.165) is 0 Å². The van der Waals surface area contributed by atoms with Gasteiger partial charge in [0.05, 0.1) is 31.7 Å². The lowest BCUT2D eigenvalue weighted by Gasteiger charge is -2.14. The summed E-state index contributed by atoms with van der Waals surface area (Å²) in [6, 6.07) is 12.8. The molecule has 11 heteroatoms. The van der Waals surface area contributed by atoms with Crippen molar-refractivity contribution < 1.29 is 28.2 Å². The van der Waals surface area contributed by atoms with Crippen LogP contribution in [-0.2, 0) is 0 Å². The van der Waals surface area contributed by atoms with Gasteiger partial charge < -0.3 is 23.9 Å². The number of nitrogens with one attached hydrogen (secondary N) is 1. The maximum absolute atomic E-state index is 13.2. The summed E-state index contributed by atoms with van der Waals surface area (Å²) in [6.45, 7) is 3.01. The zero-order chi connectivity index (χ0) is 28.4. The summed E-state index contributed by atoms with van der Waals surface area (Å²) in [4.78, 5) is 47.4. The average Bonchev–Trinajstić information content (AvgIpc) is 3.48. The SMILES string of the molecule is COc1cc2nccc(Oc3ccc(NC(=O)c4cc(C(C)=O)c(C)n(-c5ccoc5)c4=O)cc3)c2nc1OC. The van der Waals surface area contributed by atoms with Gasteiger partial charge in [0.15, 0.2) is 17.3 Å². The second-order valence-corrected chi connectivity index (χ2v) is 8.69. The molecule has 4 heterocycles. The smallest absolute Gasteiger partial charge is 0.268 e. The van der Waals surface area contributed by atoms with E-state index in [1.165, 1.54) is 44.3 Å². The minimum Gasteiger partial charge on any atom is -0.491 e. The number of rotatable bonds is 8. The predicted octanol–water partition coefficient (Wildman–Crippen LogP) is 4.95. The van der Waals surface area contributed by atoms with Crippen LogP contribution in [0.3, 0.4) is 0 Å². The molecule has 11 nitrogen and oxygen atoms in total. The highest BCUT2D eigenvalue weighted by Crippen LogP contribution is 2.34. The van der Waals surface area contributed by atoms with Crippen LogP contribution in [0.2, 0.25) is 0 Å². The molecule has 0 saturated carbocycles. The van der Waals surface area contributed by atoms with Crippen LogP contribution in [0, 0.1) is 6.92 Å². The van der Waals surface area contributed by atoms with E-state index in [1.807, 2.05) is 0 Å². The first-order chi connectivity index (χ1) is 19.3. The van der Waals surface area contributed by atoms with Gasteiger partial charge in [0.2, 0.25) is 0 Å². The number of anilines is 1. The molecule has 0 aliphatic carbocycles. The number of carbonyl (C=O) groups excluding carboxylic acids is 2. The van der Waals surface area contributed by atoms with Gasteiger partial charge in [0, 0.05) is 41.3 Å².